The highest BCUT2D eigenvalue weighted by atomic mass is 79.9. The summed E-state index contributed by atoms with van der Waals surface area (Å²) in [6.45, 7) is 3.16. The molecule has 1 amide bonds. The molecular formula is C13H20BrN5O. The van der Waals surface area contributed by atoms with Crippen LogP contribution in [-0.2, 0) is 0 Å². The Kier molecular flexibility index (Phi) is 4.95. The lowest BCUT2D eigenvalue weighted by Crippen LogP contribution is -2.47. The predicted molar refractivity (Wildman–Crippen MR) is 82.3 cm³/mol. The largest absolute Gasteiger partial charge is 0.349 e. The van der Waals surface area contributed by atoms with Crippen molar-refractivity contribution in [2.75, 3.05) is 19.0 Å². The maximum Gasteiger partial charge on any atom is 0.255 e. The van der Waals surface area contributed by atoms with E-state index in [0.717, 1.165) is 23.9 Å². The van der Waals surface area contributed by atoms with E-state index in [2.05, 4.69) is 50.5 Å². The number of aromatic nitrogens is 1. The molecule has 110 valence electrons. The number of halogens is 1. The van der Waals surface area contributed by atoms with Crippen LogP contribution in [0.5, 0.6) is 0 Å². The van der Waals surface area contributed by atoms with Gasteiger partial charge in [0, 0.05) is 29.3 Å². The van der Waals surface area contributed by atoms with E-state index in [9.17, 15) is 4.79 Å². The molecular weight excluding hydrogens is 322 g/mol. The van der Waals surface area contributed by atoms with Crippen molar-refractivity contribution < 1.29 is 4.79 Å². The van der Waals surface area contributed by atoms with E-state index in [-0.39, 0.29) is 11.9 Å². The fraction of sp³-hybridized carbons (Fsp3) is 0.538. The van der Waals surface area contributed by atoms with Gasteiger partial charge in [0.1, 0.15) is 0 Å². The molecule has 4 N–H and O–H groups in total. The van der Waals surface area contributed by atoms with E-state index >= 15 is 0 Å². The summed E-state index contributed by atoms with van der Waals surface area (Å²) in [7, 11) is 2.11. The third kappa shape index (κ3) is 3.47. The average molecular weight is 342 g/mol. The van der Waals surface area contributed by atoms with Crippen LogP contribution in [-0.4, -0.2) is 41.5 Å². The quantitative estimate of drug-likeness (QED) is 0.570. The number of anilines is 1. The van der Waals surface area contributed by atoms with Crippen LogP contribution in [0.3, 0.4) is 0 Å². The number of pyridine rings is 1. The van der Waals surface area contributed by atoms with Crippen molar-refractivity contribution in [3.8, 4) is 0 Å². The summed E-state index contributed by atoms with van der Waals surface area (Å²) in [5, 5.41) is 3.07. The first kappa shape index (κ1) is 15.2. The van der Waals surface area contributed by atoms with E-state index in [4.69, 9.17) is 5.84 Å². The number of carbonyl (C=O) groups excluding carboxylic acids is 1. The standard InChI is InChI=1S/C13H20BrN5O/c1-8-5-10(3-4-19(8)2)17-13(20)11-6-9(14)7-16-12(11)18-15/h6-8,10H,3-5,15H2,1-2H3,(H,16,18)(H,17,20). The van der Waals surface area contributed by atoms with Crippen LogP contribution in [0.4, 0.5) is 5.82 Å². The Hall–Kier alpha value is -1.18. The number of piperidine rings is 1. The molecule has 2 atom stereocenters. The van der Waals surface area contributed by atoms with Crippen LogP contribution in [0.1, 0.15) is 30.1 Å². The minimum absolute atomic E-state index is 0.145. The van der Waals surface area contributed by atoms with Gasteiger partial charge in [0.25, 0.3) is 5.91 Å². The lowest BCUT2D eigenvalue weighted by molar-refractivity contribution is 0.0897. The SMILES string of the molecule is CC1CC(NC(=O)c2cc(Br)cnc2NN)CCN1C. The van der Waals surface area contributed by atoms with Crippen molar-refractivity contribution >= 4 is 27.7 Å². The molecule has 2 heterocycles. The number of nitrogens with zero attached hydrogens (tertiary/aromatic N) is 2. The zero-order valence-electron chi connectivity index (χ0n) is 11.7. The lowest BCUT2D eigenvalue weighted by Gasteiger charge is -2.35. The van der Waals surface area contributed by atoms with Crippen molar-refractivity contribution in [3.05, 3.63) is 22.3 Å². The van der Waals surface area contributed by atoms with Gasteiger partial charge >= 0.3 is 0 Å². The summed E-state index contributed by atoms with van der Waals surface area (Å²) >= 11 is 3.32. The second-order valence-electron chi connectivity index (χ2n) is 5.22. The van der Waals surface area contributed by atoms with Crippen LogP contribution in [0.15, 0.2) is 16.7 Å². The summed E-state index contributed by atoms with van der Waals surface area (Å²) < 4.78 is 0.749. The molecule has 0 bridgehead atoms. The van der Waals surface area contributed by atoms with Crippen molar-refractivity contribution in [2.24, 2.45) is 5.84 Å². The van der Waals surface area contributed by atoms with Gasteiger partial charge in [0.05, 0.1) is 5.56 Å². The van der Waals surface area contributed by atoms with Gasteiger partial charge in [-0.2, -0.15) is 0 Å². The number of hydrogen-bond donors (Lipinski definition) is 3. The number of rotatable bonds is 3. The molecule has 0 spiro atoms. The molecule has 7 heteroatoms. The fourth-order valence-electron chi connectivity index (χ4n) is 2.41. The Labute approximate surface area is 127 Å². The molecule has 2 rings (SSSR count). The Morgan fingerprint density at radius 2 is 2.35 bits per heavy atom. The minimum atomic E-state index is -0.145. The summed E-state index contributed by atoms with van der Waals surface area (Å²) in [5.74, 6) is 5.63. The lowest BCUT2D eigenvalue weighted by atomic mass is 9.98. The first-order chi connectivity index (χ1) is 9.51. The highest BCUT2D eigenvalue weighted by Crippen LogP contribution is 2.19. The van der Waals surface area contributed by atoms with E-state index in [1.54, 1.807) is 12.3 Å². The van der Waals surface area contributed by atoms with Gasteiger partial charge in [0.2, 0.25) is 0 Å². The zero-order chi connectivity index (χ0) is 14.7. The highest BCUT2D eigenvalue weighted by Gasteiger charge is 2.25. The number of hydrazine groups is 1. The summed E-state index contributed by atoms with van der Waals surface area (Å²) in [6, 6.07) is 2.38. The molecule has 1 aromatic rings. The van der Waals surface area contributed by atoms with Crippen LogP contribution in [0.2, 0.25) is 0 Å². The summed E-state index contributed by atoms with van der Waals surface area (Å²) in [5.41, 5.74) is 2.91. The first-order valence-corrected chi connectivity index (χ1v) is 7.44. The number of amides is 1. The second kappa shape index (κ2) is 6.51. The number of nitrogen functional groups attached to an aromatic ring is 1. The van der Waals surface area contributed by atoms with Gasteiger partial charge in [0.15, 0.2) is 5.82 Å². The number of hydrogen-bond acceptors (Lipinski definition) is 5. The van der Waals surface area contributed by atoms with Gasteiger partial charge in [-0.1, -0.05) is 0 Å². The van der Waals surface area contributed by atoms with E-state index < -0.39 is 0 Å². The molecule has 1 saturated heterocycles. The first-order valence-electron chi connectivity index (χ1n) is 6.64. The van der Waals surface area contributed by atoms with Gasteiger partial charge in [-0.05, 0) is 48.8 Å². The number of likely N-dealkylation sites (tertiary alicyclic amines) is 1. The van der Waals surface area contributed by atoms with Crippen LogP contribution < -0.4 is 16.6 Å². The number of carbonyl (C=O) groups is 1. The molecule has 0 saturated carbocycles. The molecule has 20 heavy (non-hydrogen) atoms. The summed E-state index contributed by atoms with van der Waals surface area (Å²) in [6.07, 6.45) is 3.51. The van der Waals surface area contributed by atoms with Crippen molar-refractivity contribution in [1.29, 1.82) is 0 Å². The number of nitrogens with two attached hydrogens (primary N) is 1. The normalized spacial score (nSPS) is 23.4. The highest BCUT2D eigenvalue weighted by molar-refractivity contribution is 9.10. The molecule has 1 aromatic heterocycles. The zero-order valence-corrected chi connectivity index (χ0v) is 13.3. The molecule has 1 fully saturated rings. The van der Waals surface area contributed by atoms with Crippen molar-refractivity contribution in [1.82, 2.24) is 15.2 Å². The Morgan fingerprint density at radius 1 is 1.60 bits per heavy atom. The molecule has 0 radical (unpaired) electrons. The monoisotopic (exact) mass is 341 g/mol. The average Bonchev–Trinajstić information content (AvgIpc) is 2.43. The minimum Gasteiger partial charge on any atom is -0.349 e. The smallest absolute Gasteiger partial charge is 0.255 e. The molecule has 2 unspecified atom stereocenters. The second-order valence-corrected chi connectivity index (χ2v) is 6.13. The van der Waals surface area contributed by atoms with Gasteiger partial charge in [-0.3, -0.25) is 4.79 Å². The van der Waals surface area contributed by atoms with E-state index in [1.807, 2.05) is 0 Å². The molecule has 1 aliphatic heterocycles. The molecule has 0 aliphatic carbocycles. The van der Waals surface area contributed by atoms with Gasteiger partial charge in [-0.15, -0.1) is 0 Å². The maximum absolute atomic E-state index is 12.4. The number of nitrogens with one attached hydrogen (secondary N) is 2. The third-order valence-electron chi connectivity index (χ3n) is 3.78. The van der Waals surface area contributed by atoms with Gasteiger partial charge < -0.3 is 15.6 Å². The van der Waals surface area contributed by atoms with Crippen LogP contribution in [0.25, 0.3) is 0 Å². The maximum atomic E-state index is 12.4. The van der Waals surface area contributed by atoms with E-state index in [0.29, 0.717) is 17.4 Å². The molecule has 1 aliphatic rings. The van der Waals surface area contributed by atoms with Crippen molar-refractivity contribution in [3.63, 3.8) is 0 Å². The topological polar surface area (TPSA) is 83.3 Å². The summed E-state index contributed by atoms with van der Waals surface area (Å²) in [4.78, 5) is 18.7. The third-order valence-corrected chi connectivity index (χ3v) is 4.21. The molecule has 6 nitrogen and oxygen atoms in total. The Bertz CT molecular complexity index is 496. The molecule has 0 aromatic carbocycles. The van der Waals surface area contributed by atoms with Crippen LogP contribution >= 0.6 is 15.9 Å². The fourth-order valence-corrected chi connectivity index (χ4v) is 2.74. The van der Waals surface area contributed by atoms with E-state index in [1.165, 1.54) is 0 Å². The predicted octanol–water partition coefficient (Wildman–Crippen LogP) is 1.34. The Morgan fingerprint density at radius 3 is 3.00 bits per heavy atom. The van der Waals surface area contributed by atoms with Crippen molar-refractivity contribution in [2.45, 2.75) is 31.8 Å². The van der Waals surface area contributed by atoms with Gasteiger partial charge in [-0.25, -0.2) is 10.8 Å². The Balaban J connectivity index is 2.07. The van der Waals surface area contributed by atoms with Crippen LogP contribution in [0, 0.1) is 0 Å².